The first-order valence-corrected chi connectivity index (χ1v) is 4.54. The van der Waals surface area contributed by atoms with Crippen molar-refractivity contribution in [1.29, 1.82) is 0 Å². The Labute approximate surface area is 94.4 Å². The van der Waals surface area contributed by atoms with E-state index in [1.807, 2.05) is 13.0 Å². The van der Waals surface area contributed by atoms with E-state index in [2.05, 4.69) is 0 Å². The van der Waals surface area contributed by atoms with Crippen molar-refractivity contribution in [2.24, 2.45) is 5.73 Å². The Kier molecular flexibility index (Phi) is 3.66. The van der Waals surface area contributed by atoms with Crippen LogP contribution in [0.4, 0.5) is 0 Å². The van der Waals surface area contributed by atoms with Crippen molar-refractivity contribution in [2.45, 2.75) is 19.4 Å². The Morgan fingerprint density at radius 1 is 1.47 bits per heavy atom. The maximum atomic E-state index is 9.58. The SMILES string of the molecule is C[C@H](N)Cc1cc(O)c2c(c1)OCO2.Cl. The number of hydrogen-bond acceptors (Lipinski definition) is 4. The fourth-order valence-electron chi connectivity index (χ4n) is 1.54. The average Bonchev–Trinajstić information content (AvgIpc) is 2.50. The molecule has 15 heavy (non-hydrogen) atoms. The van der Waals surface area contributed by atoms with Gasteiger partial charge in [0, 0.05) is 6.04 Å². The number of rotatable bonds is 2. The lowest BCUT2D eigenvalue weighted by Gasteiger charge is -2.07. The second-order valence-corrected chi connectivity index (χ2v) is 3.53. The molecule has 2 rings (SSSR count). The van der Waals surface area contributed by atoms with Gasteiger partial charge in [0.15, 0.2) is 11.5 Å². The van der Waals surface area contributed by atoms with Gasteiger partial charge >= 0.3 is 0 Å². The summed E-state index contributed by atoms with van der Waals surface area (Å²) in [5, 5.41) is 9.58. The van der Waals surface area contributed by atoms with Crippen LogP contribution in [0.5, 0.6) is 17.2 Å². The number of fused-ring (bicyclic) bond motifs is 1. The molecule has 84 valence electrons. The van der Waals surface area contributed by atoms with E-state index >= 15 is 0 Å². The molecule has 1 aliphatic rings. The highest BCUT2D eigenvalue weighted by molar-refractivity contribution is 5.85. The molecule has 0 bridgehead atoms. The van der Waals surface area contributed by atoms with Crippen LogP contribution in [0.25, 0.3) is 0 Å². The molecular formula is C10H14ClNO3. The van der Waals surface area contributed by atoms with E-state index in [9.17, 15) is 5.11 Å². The summed E-state index contributed by atoms with van der Waals surface area (Å²) in [7, 11) is 0. The molecule has 0 saturated heterocycles. The fraction of sp³-hybridized carbons (Fsp3) is 0.400. The Balaban J connectivity index is 0.00000112. The topological polar surface area (TPSA) is 64.7 Å². The highest BCUT2D eigenvalue weighted by Crippen LogP contribution is 2.41. The number of ether oxygens (including phenoxy) is 2. The van der Waals surface area contributed by atoms with Gasteiger partial charge in [-0.15, -0.1) is 12.4 Å². The van der Waals surface area contributed by atoms with Crippen molar-refractivity contribution in [3.63, 3.8) is 0 Å². The maximum Gasteiger partial charge on any atom is 0.231 e. The average molecular weight is 232 g/mol. The van der Waals surface area contributed by atoms with E-state index < -0.39 is 0 Å². The maximum absolute atomic E-state index is 9.58. The molecule has 0 unspecified atom stereocenters. The number of phenolic OH excluding ortho intramolecular Hbond substituents is 1. The van der Waals surface area contributed by atoms with Crippen molar-refractivity contribution >= 4 is 12.4 Å². The van der Waals surface area contributed by atoms with E-state index in [1.165, 1.54) is 0 Å². The normalized spacial score (nSPS) is 14.5. The molecule has 0 radical (unpaired) electrons. The summed E-state index contributed by atoms with van der Waals surface area (Å²) >= 11 is 0. The Morgan fingerprint density at radius 2 is 2.20 bits per heavy atom. The summed E-state index contributed by atoms with van der Waals surface area (Å²) in [5.74, 6) is 1.15. The minimum absolute atomic E-state index is 0. The summed E-state index contributed by atoms with van der Waals surface area (Å²) < 4.78 is 10.3. The van der Waals surface area contributed by atoms with Crippen LogP contribution < -0.4 is 15.2 Å². The molecule has 0 aliphatic carbocycles. The second kappa shape index (κ2) is 4.59. The van der Waals surface area contributed by atoms with Gasteiger partial charge < -0.3 is 20.3 Å². The quantitative estimate of drug-likeness (QED) is 0.808. The molecule has 5 heteroatoms. The van der Waals surface area contributed by atoms with Crippen molar-refractivity contribution in [2.75, 3.05) is 6.79 Å². The molecule has 0 saturated carbocycles. The first-order chi connectivity index (χ1) is 6.66. The molecule has 0 spiro atoms. The highest BCUT2D eigenvalue weighted by Gasteiger charge is 2.18. The zero-order chi connectivity index (χ0) is 10.1. The Morgan fingerprint density at radius 3 is 2.87 bits per heavy atom. The van der Waals surface area contributed by atoms with E-state index in [1.54, 1.807) is 6.07 Å². The molecule has 0 fully saturated rings. The molecule has 0 aromatic heterocycles. The monoisotopic (exact) mass is 231 g/mol. The van der Waals surface area contributed by atoms with E-state index in [0.29, 0.717) is 17.9 Å². The van der Waals surface area contributed by atoms with Gasteiger partial charge in [0.2, 0.25) is 12.5 Å². The predicted octanol–water partition coefficient (Wildman–Crippen LogP) is 1.43. The number of hydrogen-bond donors (Lipinski definition) is 2. The third-order valence-corrected chi connectivity index (χ3v) is 2.07. The van der Waals surface area contributed by atoms with E-state index in [-0.39, 0.29) is 31.0 Å². The van der Waals surface area contributed by atoms with Gasteiger partial charge in [-0.2, -0.15) is 0 Å². The lowest BCUT2D eigenvalue weighted by atomic mass is 10.1. The van der Waals surface area contributed by atoms with Gasteiger partial charge in [-0.25, -0.2) is 0 Å². The Hall–Kier alpha value is -1.13. The minimum Gasteiger partial charge on any atom is -0.504 e. The van der Waals surface area contributed by atoms with Crippen molar-refractivity contribution in [3.05, 3.63) is 17.7 Å². The summed E-state index contributed by atoms with van der Waals surface area (Å²) in [5.41, 5.74) is 6.63. The van der Waals surface area contributed by atoms with Crippen LogP contribution in [0.3, 0.4) is 0 Å². The van der Waals surface area contributed by atoms with Crippen LogP contribution in [0.1, 0.15) is 12.5 Å². The largest absolute Gasteiger partial charge is 0.504 e. The van der Waals surface area contributed by atoms with Crippen LogP contribution >= 0.6 is 12.4 Å². The summed E-state index contributed by atoms with van der Waals surface area (Å²) in [4.78, 5) is 0. The number of aromatic hydroxyl groups is 1. The lowest BCUT2D eigenvalue weighted by Crippen LogP contribution is -2.17. The van der Waals surface area contributed by atoms with Gasteiger partial charge in [0.05, 0.1) is 0 Å². The molecule has 1 aromatic carbocycles. The predicted molar refractivity (Wildman–Crippen MR) is 58.8 cm³/mol. The number of nitrogens with two attached hydrogens (primary N) is 1. The van der Waals surface area contributed by atoms with Gasteiger partial charge in [-0.05, 0) is 31.0 Å². The van der Waals surface area contributed by atoms with Gasteiger partial charge in [-0.3, -0.25) is 0 Å². The van der Waals surface area contributed by atoms with Gasteiger partial charge in [0.1, 0.15) is 0 Å². The molecule has 1 aromatic rings. The molecular weight excluding hydrogens is 218 g/mol. The van der Waals surface area contributed by atoms with Crippen molar-refractivity contribution in [1.82, 2.24) is 0 Å². The highest BCUT2D eigenvalue weighted by atomic mass is 35.5. The first kappa shape index (κ1) is 11.9. The van der Waals surface area contributed by atoms with Crippen LogP contribution in [-0.4, -0.2) is 17.9 Å². The van der Waals surface area contributed by atoms with E-state index in [4.69, 9.17) is 15.2 Å². The fourth-order valence-corrected chi connectivity index (χ4v) is 1.54. The molecule has 1 atom stereocenters. The molecule has 0 amide bonds. The summed E-state index contributed by atoms with van der Waals surface area (Å²) in [6, 6.07) is 3.58. The molecule has 1 aliphatic heterocycles. The van der Waals surface area contributed by atoms with Crippen molar-refractivity contribution < 1.29 is 14.6 Å². The molecule has 4 nitrogen and oxygen atoms in total. The lowest BCUT2D eigenvalue weighted by molar-refractivity contribution is 0.171. The zero-order valence-electron chi connectivity index (χ0n) is 8.40. The number of halogens is 1. The van der Waals surface area contributed by atoms with Crippen LogP contribution in [0.15, 0.2) is 12.1 Å². The smallest absolute Gasteiger partial charge is 0.231 e. The summed E-state index contributed by atoms with van der Waals surface area (Å²) in [6.45, 7) is 2.09. The first-order valence-electron chi connectivity index (χ1n) is 4.54. The van der Waals surface area contributed by atoms with Crippen molar-refractivity contribution in [3.8, 4) is 17.2 Å². The minimum atomic E-state index is 0. The molecule has 3 N–H and O–H groups in total. The third kappa shape index (κ3) is 2.46. The standard InChI is InChI=1S/C10H13NO3.ClH/c1-6(11)2-7-3-8(12)10-9(4-7)13-5-14-10;/h3-4,6,12H,2,5,11H2,1H3;1H/t6-;/m0./s1. The van der Waals surface area contributed by atoms with Crippen LogP contribution in [0.2, 0.25) is 0 Å². The third-order valence-electron chi connectivity index (χ3n) is 2.07. The van der Waals surface area contributed by atoms with E-state index in [0.717, 1.165) is 5.56 Å². The number of benzene rings is 1. The van der Waals surface area contributed by atoms with Gasteiger partial charge in [0.25, 0.3) is 0 Å². The Bertz CT molecular complexity index is 355. The summed E-state index contributed by atoms with van der Waals surface area (Å²) in [6.07, 6.45) is 0.712. The van der Waals surface area contributed by atoms with Crippen LogP contribution in [-0.2, 0) is 6.42 Å². The van der Waals surface area contributed by atoms with Gasteiger partial charge in [-0.1, -0.05) is 0 Å². The zero-order valence-corrected chi connectivity index (χ0v) is 9.21. The number of phenols is 1. The second-order valence-electron chi connectivity index (χ2n) is 3.53. The molecule has 1 heterocycles. The van der Waals surface area contributed by atoms with Crippen LogP contribution in [0, 0.1) is 0 Å².